The van der Waals surface area contributed by atoms with Crippen molar-refractivity contribution in [2.75, 3.05) is 17.7 Å². The number of anilines is 2. The molecule has 0 spiro atoms. The van der Waals surface area contributed by atoms with Gasteiger partial charge in [-0.15, -0.1) is 0 Å². The van der Waals surface area contributed by atoms with Crippen LogP contribution in [0.2, 0.25) is 0 Å². The van der Waals surface area contributed by atoms with E-state index in [0.717, 1.165) is 5.56 Å². The fourth-order valence-corrected chi connectivity index (χ4v) is 2.21. The third-order valence-corrected chi connectivity index (χ3v) is 3.54. The maximum Gasteiger partial charge on any atom is 0.293 e. The van der Waals surface area contributed by atoms with Crippen LogP contribution in [0.3, 0.4) is 0 Å². The molecular weight excluding hydrogens is 294 g/mol. The first-order valence-electron chi connectivity index (χ1n) is 7.30. The molecule has 0 radical (unpaired) electrons. The fraction of sp³-hybridized carbons (Fsp3) is 0.235. The Morgan fingerprint density at radius 3 is 2.52 bits per heavy atom. The summed E-state index contributed by atoms with van der Waals surface area (Å²) >= 11 is 0. The summed E-state index contributed by atoms with van der Waals surface area (Å²) in [5, 5.41) is 16.6. The van der Waals surface area contributed by atoms with Crippen LogP contribution < -0.4 is 10.6 Å². The van der Waals surface area contributed by atoms with Crippen LogP contribution in [-0.4, -0.2) is 17.9 Å². The van der Waals surface area contributed by atoms with E-state index in [1.807, 2.05) is 18.2 Å². The highest BCUT2D eigenvalue weighted by Gasteiger charge is 2.17. The minimum Gasteiger partial charge on any atom is -0.383 e. The van der Waals surface area contributed by atoms with Gasteiger partial charge in [0.15, 0.2) is 0 Å². The van der Waals surface area contributed by atoms with Gasteiger partial charge in [-0.1, -0.05) is 26.0 Å². The van der Waals surface area contributed by atoms with Gasteiger partial charge in [-0.2, -0.15) is 0 Å². The fourth-order valence-electron chi connectivity index (χ4n) is 2.21. The monoisotopic (exact) mass is 313 g/mol. The Hall–Kier alpha value is -2.89. The third kappa shape index (κ3) is 3.85. The molecule has 6 nitrogen and oxygen atoms in total. The smallest absolute Gasteiger partial charge is 0.293 e. The first-order chi connectivity index (χ1) is 10.9. The van der Waals surface area contributed by atoms with E-state index in [0.29, 0.717) is 17.3 Å². The van der Waals surface area contributed by atoms with E-state index in [4.69, 9.17) is 0 Å². The summed E-state index contributed by atoms with van der Waals surface area (Å²) in [5.74, 6) is -0.0282. The van der Waals surface area contributed by atoms with Gasteiger partial charge in [0, 0.05) is 24.4 Å². The van der Waals surface area contributed by atoms with Crippen molar-refractivity contribution < 1.29 is 9.72 Å². The van der Waals surface area contributed by atoms with Gasteiger partial charge < -0.3 is 10.6 Å². The van der Waals surface area contributed by atoms with E-state index in [9.17, 15) is 14.9 Å². The minimum atomic E-state index is -0.512. The van der Waals surface area contributed by atoms with Crippen molar-refractivity contribution in [3.8, 4) is 0 Å². The largest absolute Gasteiger partial charge is 0.383 e. The van der Waals surface area contributed by atoms with Crippen molar-refractivity contribution >= 4 is 23.0 Å². The summed E-state index contributed by atoms with van der Waals surface area (Å²) in [6, 6.07) is 11.9. The zero-order valence-electron chi connectivity index (χ0n) is 13.3. The number of benzene rings is 2. The number of rotatable bonds is 5. The van der Waals surface area contributed by atoms with Crippen LogP contribution in [-0.2, 0) is 0 Å². The van der Waals surface area contributed by atoms with Crippen molar-refractivity contribution in [3.63, 3.8) is 0 Å². The maximum atomic E-state index is 12.3. The van der Waals surface area contributed by atoms with Crippen molar-refractivity contribution in [2.45, 2.75) is 19.8 Å². The van der Waals surface area contributed by atoms with Gasteiger partial charge >= 0.3 is 0 Å². The molecule has 2 aromatic rings. The summed E-state index contributed by atoms with van der Waals surface area (Å²) in [7, 11) is 1.60. The van der Waals surface area contributed by atoms with Gasteiger partial charge in [0.05, 0.1) is 4.92 Å². The molecule has 2 aromatic carbocycles. The number of nitro benzene ring substituents is 1. The summed E-state index contributed by atoms with van der Waals surface area (Å²) in [6.45, 7) is 4.14. The lowest BCUT2D eigenvalue weighted by Crippen LogP contribution is -2.12. The average Bonchev–Trinajstić information content (AvgIpc) is 2.54. The number of nitrogens with one attached hydrogen (secondary N) is 2. The molecule has 0 aliphatic rings. The number of carbonyl (C=O) groups is 1. The molecule has 0 saturated heterocycles. The standard InChI is InChI=1S/C17H19N3O3/c1-11(2)12-5-4-6-14(9-12)19-17(21)13-7-8-15(18-3)16(10-13)20(22)23/h4-11,18H,1-3H3,(H,19,21). The molecule has 2 rings (SSSR count). The van der Waals surface area contributed by atoms with E-state index in [1.54, 1.807) is 19.2 Å². The second kappa shape index (κ2) is 6.91. The van der Waals surface area contributed by atoms with Crippen molar-refractivity contribution in [1.82, 2.24) is 0 Å². The van der Waals surface area contributed by atoms with Crippen LogP contribution in [0.4, 0.5) is 17.1 Å². The lowest BCUT2D eigenvalue weighted by molar-refractivity contribution is -0.384. The Balaban J connectivity index is 2.26. The van der Waals surface area contributed by atoms with Crippen molar-refractivity contribution in [1.29, 1.82) is 0 Å². The molecule has 0 aliphatic carbocycles. The molecule has 120 valence electrons. The molecule has 0 heterocycles. The molecule has 0 atom stereocenters. The van der Waals surface area contributed by atoms with Crippen LogP contribution in [0, 0.1) is 10.1 Å². The molecule has 6 heteroatoms. The van der Waals surface area contributed by atoms with Gasteiger partial charge in [-0.25, -0.2) is 0 Å². The topological polar surface area (TPSA) is 84.3 Å². The normalized spacial score (nSPS) is 10.4. The van der Waals surface area contributed by atoms with Gasteiger partial charge in [0.2, 0.25) is 0 Å². The zero-order chi connectivity index (χ0) is 17.0. The first kappa shape index (κ1) is 16.5. The summed E-state index contributed by atoms with van der Waals surface area (Å²) in [6.07, 6.45) is 0. The van der Waals surface area contributed by atoms with Crippen LogP contribution in [0.1, 0.15) is 35.7 Å². The molecule has 23 heavy (non-hydrogen) atoms. The van der Waals surface area contributed by atoms with Crippen LogP contribution in [0.15, 0.2) is 42.5 Å². The molecule has 0 bridgehead atoms. The number of hydrogen-bond acceptors (Lipinski definition) is 4. The van der Waals surface area contributed by atoms with Gasteiger partial charge in [0.25, 0.3) is 11.6 Å². The highest BCUT2D eigenvalue weighted by atomic mass is 16.6. The lowest BCUT2D eigenvalue weighted by Gasteiger charge is -2.10. The molecule has 0 saturated carbocycles. The Kier molecular flexibility index (Phi) is 4.95. The Morgan fingerprint density at radius 2 is 1.91 bits per heavy atom. The SMILES string of the molecule is CNc1ccc(C(=O)Nc2cccc(C(C)C)c2)cc1[N+](=O)[O-]. The van der Waals surface area contributed by atoms with Crippen molar-refractivity contribution in [3.05, 3.63) is 63.7 Å². The second-order valence-corrected chi connectivity index (χ2v) is 5.47. The van der Waals surface area contributed by atoms with E-state index >= 15 is 0 Å². The zero-order valence-corrected chi connectivity index (χ0v) is 13.3. The van der Waals surface area contributed by atoms with Gasteiger partial charge in [0.1, 0.15) is 5.69 Å². The molecule has 0 aromatic heterocycles. The Bertz CT molecular complexity index is 742. The number of hydrogen-bond donors (Lipinski definition) is 2. The third-order valence-electron chi connectivity index (χ3n) is 3.54. The molecule has 2 N–H and O–H groups in total. The molecule has 0 unspecified atom stereocenters. The first-order valence-corrected chi connectivity index (χ1v) is 7.30. The summed E-state index contributed by atoms with van der Waals surface area (Å²) in [4.78, 5) is 22.9. The summed E-state index contributed by atoms with van der Waals surface area (Å²) in [5.41, 5.74) is 2.26. The van der Waals surface area contributed by atoms with Gasteiger partial charge in [-0.3, -0.25) is 14.9 Å². The van der Waals surface area contributed by atoms with Crippen LogP contribution in [0.5, 0.6) is 0 Å². The number of nitro groups is 1. The van der Waals surface area contributed by atoms with Gasteiger partial charge in [-0.05, 0) is 35.7 Å². The predicted octanol–water partition coefficient (Wildman–Crippen LogP) is 4.01. The Morgan fingerprint density at radius 1 is 1.17 bits per heavy atom. The quantitative estimate of drug-likeness (QED) is 0.645. The minimum absolute atomic E-state index is 0.129. The predicted molar refractivity (Wildman–Crippen MR) is 91.1 cm³/mol. The van der Waals surface area contributed by atoms with Crippen molar-refractivity contribution in [2.24, 2.45) is 0 Å². The highest BCUT2D eigenvalue weighted by molar-refractivity contribution is 6.05. The second-order valence-electron chi connectivity index (χ2n) is 5.47. The van der Waals surface area contributed by atoms with E-state index in [-0.39, 0.29) is 17.2 Å². The van der Waals surface area contributed by atoms with Crippen LogP contribution >= 0.6 is 0 Å². The highest BCUT2D eigenvalue weighted by Crippen LogP contribution is 2.26. The number of amides is 1. The Labute approximate surface area is 134 Å². The molecule has 0 aliphatic heterocycles. The molecule has 0 fully saturated rings. The summed E-state index contributed by atoms with van der Waals surface area (Å²) < 4.78 is 0. The lowest BCUT2D eigenvalue weighted by atomic mass is 10.0. The molecular formula is C17H19N3O3. The van der Waals surface area contributed by atoms with E-state index in [2.05, 4.69) is 24.5 Å². The van der Waals surface area contributed by atoms with E-state index in [1.165, 1.54) is 12.1 Å². The maximum absolute atomic E-state index is 12.3. The number of carbonyl (C=O) groups excluding carboxylic acids is 1. The van der Waals surface area contributed by atoms with E-state index < -0.39 is 4.92 Å². The average molecular weight is 313 g/mol. The molecule has 1 amide bonds. The van der Waals surface area contributed by atoms with Crippen LogP contribution in [0.25, 0.3) is 0 Å². The number of nitrogens with zero attached hydrogens (tertiary/aromatic N) is 1.